The molecule has 0 bridgehead atoms. The van der Waals surface area contributed by atoms with Crippen molar-refractivity contribution in [2.24, 2.45) is 10.2 Å². The van der Waals surface area contributed by atoms with E-state index < -0.39 is 74.1 Å². The molecule has 0 saturated heterocycles. The Morgan fingerprint density at radius 1 is 0.750 bits per heavy atom. The van der Waals surface area contributed by atoms with Crippen molar-refractivity contribution in [3.8, 4) is 5.75 Å². The van der Waals surface area contributed by atoms with Crippen LogP contribution >= 0.6 is 0 Å². The van der Waals surface area contributed by atoms with Gasteiger partial charge in [-0.1, -0.05) is 0 Å². The summed E-state index contributed by atoms with van der Waals surface area (Å²) in [5.74, 6) is -1.70. The van der Waals surface area contributed by atoms with Crippen LogP contribution in [0.3, 0.4) is 0 Å². The number of benzene rings is 3. The van der Waals surface area contributed by atoms with Gasteiger partial charge in [-0.15, -0.1) is 5.11 Å². The number of nitrogens with zero attached hydrogens (tertiary/aromatic N) is 2. The van der Waals surface area contributed by atoms with E-state index in [0.29, 0.717) is 6.07 Å². The summed E-state index contributed by atoms with van der Waals surface area (Å²) in [6.45, 7) is -0.911. The Labute approximate surface area is 316 Å². The molecule has 0 fully saturated rings. The summed E-state index contributed by atoms with van der Waals surface area (Å²) in [7, 11) is -19.4. The number of fused-ring (bicyclic) bond motifs is 1. The van der Waals surface area contributed by atoms with Crippen LogP contribution in [0, 0.1) is 0 Å². The Balaban J connectivity index is 0.00000507. The number of sulfone groups is 1. The molecule has 15 nitrogen and oxygen atoms in total. The minimum atomic E-state index is -5.29. The summed E-state index contributed by atoms with van der Waals surface area (Å²) < 4.78 is 129. The zero-order valence-corrected chi connectivity index (χ0v) is 31.3. The van der Waals surface area contributed by atoms with Crippen LogP contribution in [0.4, 0.5) is 11.4 Å². The average molecular weight is 679 g/mol. The number of azo groups is 1. The van der Waals surface area contributed by atoms with E-state index in [1.807, 2.05) is 0 Å². The molecular formula is C18H13KN2Na2O13S4. The molecule has 0 aliphatic rings. The van der Waals surface area contributed by atoms with Crippen molar-refractivity contribution in [3.05, 3.63) is 48.5 Å². The molecule has 0 aromatic heterocycles. The van der Waals surface area contributed by atoms with Crippen LogP contribution in [0.5, 0.6) is 5.75 Å². The van der Waals surface area contributed by atoms with Gasteiger partial charge in [-0.3, -0.25) is 4.18 Å². The van der Waals surface area contributed by atoms with Crippen molar-refractivity contribution >= 4 is 62.6 Å². The van der Waals surface area contributed by atoms with E-state index in [0.717, 1.165) is 42.5 Å². The SMILES string of the molecule is O=S(=O)([O-])OCCS(=O)(=O)c1ccc(N=Nc2c(S(=O)(=O)[O-])cc3cc(S(=O)(=O)[O-])ccc3c2O)cc1.[K+].[Na+].[Na+]. The first-order chi connectivity index (χ1) is 16.9. The van der Waals surface area contributed by atoms with Gasteiger partial charge in [0, 0.05) is 5.39 Å². The maximum absolute atomic E-state index is 12.2. The fourth-order valence-corrected chi connectivity index (χ4v) is 5.60. The number of hydrogen-bond donors (Lipinski definition) is 1. The minimum absolute atomic E-state index is 0. The van der Waals surface area contributed by atoms with Crippen LogP contribution in [0.1, 0.15) is 0 Å². The van der Waals surface area contributed by atoms with Crippen LogP contribution in [0.25, 0.3) is 10.8 Å². The molecule has 0 aliphatic heterocycles. The van der Waals surface area contributed by atoms with Gasteiger partial charge in [-0.25, -0.2) is 33.7 Å². The van der Waals surface area contributed by atoms with E-state index in [1.165, 1.54) is 0 Å². The predicted octanol–water partition coefficient (Wildman–Crippen LogP) is -7.97. The third-order valence-corrected chi connectivity index (χ3v) is 8.45. The molecule has 0 atom stereocenters. The number of aromatic hydroxyl groups is 1. The molecular weight excluding hydrogens is 666 g/mol. The first kappa shape index (κ1) is 40.6. The van der Waals surface area contributed by atoms with E-state index in [2.05, 4.69) is 14.4 Å². The largest absolute Gasteiger partial charge is 1.00 e. The summed E-state index contributed by atoms with van der Waals surface area (Å²) in [5.41, 5.74) is -0.869. The normalized spacial score (nSPS) is 12.4. The first-order valence-electron chi connectivity index (χ1n) is 9.45. The molecule has 0 heterocycles. The van der Waals surface area contributed by atoms with Gasteiger partial charge >= 0.3 is 110 Å². The summed E-state index contributed by atoms with van der Waals surface area (Å²) >= 11 is 0. The Bertz CT molecular complexity index is 1850. The number of phenols is 1. The van der Waals surface area contributed by atoms with Crippen LogP contribution in [-0.4, -0.2) is 64.8 Å². The van der Waals surface area contributed by atoms with E-state index in [1.54, 1.807) is 0 Å². The second-order valence-electron chi connectivity index (χ2n) is 7.11. The van der Waals surface area contributed by atoms with Gasteiger partial charge in [0.25, 0.3) is 0 Å². The molecule has 40 heavy (non-hydrogen) atoms. The average Bonchev–Trinajstić information content (AvgIpc) is 2.76. The third-order valence-electron chi connectivity index (χ3n) is 4.62. The molecule has 3 aromatic rings. The van der Waals surface area contributed by atoms with Gasteiger partial charge in [-0.2, -0.15) is 5.11 Å². The molecule has 0 aliphatic carbocycles. The topological polar surface area (TPSA) is 260 Å². The fourth-order valence-electron chi connectivity index (χ4n) is 2.96. The van der Waals surface area contributed by atoms with Crippen molar-refractivity contribution < 1.29 is 167 Å². The van der Waals surface area contributed by atoms with Crippen LogP contribution < -0.4 is 110 Å². The molecule has 3 aromatic carbocycles. The van der Waals surface area contributed by atoms with Gasteiger partial charge in [0.1, 0.15) is 25.9 Å². The first-order valence-corrected chi connectivity index (χ1v) is 15.2. The zero-order chi connectivity index (χ0) is 27.8. The van der Waals surface area contributed by atoms with Gasteiger partial charge < -0.3 is 18.8 Å². The molecule has 22 heteroatoms. The summed E-state index contributed by atoms with van der Waals surface area (Å²) in [6, 6.07) is 7.61. The Hall–Kier alpha value is 0.596. The van der Waals surface area contributed by atoms with E-state index >= 15 is 0 Å². The maximum Gasteiger partial charge on any atom is 1.00 e. The smallest absolute Gasteiger partial charge is 0.744 e. The summed E-state index contributed by atoms with van der Waals surface area (Å²) in [4.78, 5) is -2.12. The van der Waals surface area contributed by atoms with E-state index in [4.69, 9.17) is 0 Å². The van der Waals surface area contributed by atoms with Crippen molar-refractivity contribution in [3.63, 3.8) is 0 Å². The molecule has 0 unspecified atom stereocenters. The van der Waals surface area contributed by atoms with Crippen molar-refractivity contribution in [1.82, 2.24) is 0 Å². The van der Waals surface area contributed by atoms with Gasteiger partial charge in [0.05, 0.1) is 32.7 Å². The molecule has 200 valence electrons. The summed E-state index contributed by atoms with van der Waals surface area (Å²) in [6.07, 6.45) is 0. The third kappa shape index (κ3) is 10.9. The molecule has 0 saturated carbocycles. The Morgan fingerprint density at radius 3 is 1.80 bits per heavy atom. The molecule has 0 radical (unpaired) electrons. The number of rotatable bonds is 9. The number of phenolic OH excluding ortho intramolecular Hbond substituents is 1. The molecule has 1 N–H and O–H groups in total. The van der Waals surface area contributed by atoms with E-state index in [9.17, 15) is 52.4 Å². The van der Waals surface area contributed by atoms with Crippen LogP contribution in [0.2, 0.25) is 0 Å². The fraction of sp³-hybridized carbons (Fsp3) is 0.111. The minimum Gasteiger partial charge on any atom is -0.744 e. The zero-order valence-electron chi connectivity index (χ0n) is 20.9. The van der Waals surface area contributed by atoms with Crippen LogP contribution in [0.15, 0.2) is 73.4 Å². The number of hydrogen-bond acceptors (Lipinski definition) is 15. The predicted molar refractivity (Wildman–Crippen MR) is 120 cm³/mol. The van der Waals surface area contributed by atoms with Gasteiger partial charge in [0.15, 0.2) is 15.6 Å². The van der Waals surface area contributed by atoms with E-state index in [-0.39, 0.29) is 132 Å². The van der Waals surface area contributed by atoms with Crippen molar-refractivity contribution in [2.45, 2.75) is 14.7 Å². The van der Waals surface area contributed by atoms with Crippen LogP contribution in [-0.2, 0) is 44.7 Å². The second kappa shape index (κ2) is 15.5. The van der Waals surface area contributed by atoms with Gasteiger partial charge in [0.2, 0.25) is 10.4 Å². The molecule has 0 spiro atoms. The quantitative estimate of drug-likeness (QED) is 0.0955. The van der Waals surface area contributed by atoms with Crippen molar-refractivity contribution in [2.75, 3.05) is 12.4 Å². The monoisotopic (exact) mass is 678 g/mol. The summed E-state index contributed by atoms with van der Waals surface area (Å²) in [5, 5.41) is 17.3. The van der Waals surface area contributed by atoms with Gasteiger partial charge in [-0.05, 0) is 53.9 Å². The maximum atomic E-state index is 12.2. The Kier molecular flexibility index (Phi) is 15.8. The molecule has 0 amide bonds. The second-order valence-corrected chi connectivity index (χ2v) is 13.0. The standard InChI is InChI=1S/C18H16N2O13S4.K.2Na/c21-18-15-6-5-14(35(24,25)26)9-11(15)10-16(36(27,28)29)17(18)20-19-12-1-3-13(4-2-12)34(22,23)8-7-33-37(30,31)32;;;/h1-6,9-10,21H,7-8H2,(H,24,25,26)(H,27,28,29)(H,30,31,32);;;/q;3*+1/p-3. The van der Waals surface area contributed by atoms with Crippen molar-refractivity contribution in [1.29, 1.82) is 0 Å². The Morgan fingerprint density at radius 2 is 1.30 bits per heavy atom. The molecule has 3 rings (SSSR count).